The van der Waals surface area contributed by atoms with E-state index in [-0.39, 0.29) is 5.91 Å². The van der Waals surface area contributed by atoms with Crippen LogP contribution in [-0.4, -0.2) is 45.5 Å². The third kappa shape index (κ3) is 3.85. The van der Waals surface area contributed by atoms with E-state index in [2.05, 4.69) is 37.6 Å². The first-order valence-corrected chi connectivity index (χ1v) is 7.94. The van der Waals surface area contributed by atoms with Gasteiger partial charge in [0.25, 0.3) is 5.91 Å². The third-order valence-electron chi connectivity index (χ3n) is 4.25. The maximum Gasteiger partial charge on any atom is 0.273 e. The summed E-state index contributed by atoms with van der Waals surface area (Å²) in [6, 6.07) is 4.18. The van der Waals surface area contributed by atoms with E-state index < -0.39 is 0 Å². The van der Waals surface area contributed by atoms with Gasteiger partial charge in [-0.1, -0.05) is 5.21 Å². The largest absolute Gasteiger partial charge is 0.371 e. The quantitative estimate of drug-likeness (QED) is 0.916. The Kier molecular flexibility index (Phi) is 4.55. The topological polar surface area (TPSA) is 75.9 Å². The Labute approximate surface area is 135 Å². The predicted molar refractivity (Wildman–Crippen MR) is 87.2 cm³/mol. The Bertz CT molecular complexity index is 675. The molecule has 0 spiro atoms. The molecule has 0 aromatic carbocycles. The van der Waals surface area contributed by atoms with E-state index in [1.165, 1.54) is 10.4 Å². The maximum absolute atomic E-state index is 12.0. The zero-order chi connectivity index (χ0) is 16.2. The van der Waals surface area contributed by atoms with E-state index >= 15 is 0 Å². The highest BCUT2D eigenvalue weighted by Gasteiger charge is 2.20. The second kappa shape index (κ2) is 6.76. The fourth-order valence-electron chi connectivity index (χ4n) is 2.90. The number of nitrogens with one attached hydrogen (secondary N) is 1. The summed E-state index contributed by atoms with van der Waals surface area (Å²) in [7, 11) is 1.75. The normalized spacial score (nSPS) is 15.7. The van der Waals surface area contributed by atoms with E-state index in [0.717, 1.165) is 31.6 Å². The van der Waals surface area contributed by atoms with Crippen LogP contribution in [0.4, 0.5) is 5.69 Å². The molecule has 1 aliphatic rings. The van der Waals surface area contributed by atoms with Crippen molar-refractivity contribution in [2.24, 2.45) is 13.0 Å². The van der Waals surface area contributed by atoms with Gasteiger partial charge in [-0.2, -0.15) is 0 Å². The van der Waals surface area contributed by atoms with Gasteiger partial charge in [0, 0.05) is 44.3 Å². The summed E-state index contributed by atoms with van der Waals surface area (Å²) < 4.78 is 1.53. The molecule has 3 heterocycles. The van der Waals surface area contributed by atoms with Crippen LogP contribution in [0.2, 0.25) is 0 Å². The van der Waals surface area contributed by atoms with E-state index in [0.29, 0.717) is 18.2 Å². The highest BCUT2D eigenvalue weighted by atomic mass is 16.2. The standard InChI is InChI=1S/C16H22N6O/c1-12-9-14(3-6-17-12)22-7-4-13(5-8-22)10-18-16(23)15-11-21(2)20-19-15/h3,6,9,11,13H,4-5,7-8,10H2,1-2H3,(H,18,23). The van der Waals surface area contributed by atoms with E-state index in [9.17, 15) is 4.79 Å². The Balaban J connectivity index is 1.47. The molecule has 0 saturated carbocycles. The molecule has 7 nitrogen and oxygen atoms in total. The lowest BCUT2D eigenvalue weighted by molar-refractivity contribution is 0.0940. The smallest absolute Gasteiger partial charge is 0.273 e. The number of nitrogens with zero attached hydrogens (tertiary/aromatic N) is 5. The Morgan fingerprint density at radius 3 is 2.83 bits per heavy atom. The molecule has 0 aliphatic carbocycles. The van der Waals surface area contributed by atoms with Gasteiger partial charge in [-0.15, -0.1) is 5.10 Å². The van der Waals surface area contributed by atoms with Crippen molar-refractivity contribution >= 4 is 11.6 Å². The first kappa shape index (κ1) is 15.5. The molecule has 3 rings (SSSR count). The predicted octanol–water partition coefficient (Wildman–Crippen LogP) is 1.16. The second-order valence-corrected chi connectivity index (χ2v) is 6.07. The van der Waals surface area contributed by atoms with Gasteiger partial charge in [0.05, 0.1) is 6.20 Å². The SMILES string of the molecule is Cc1cc(N2CCC(CNC(=O)c3cn(C)nn3)CC2)ccn1. The van der Waals surface area contributed by atoms with Crippen LogP contribution in [0.25, 0.3) is 0 Å². The molecule has 1 fully saturated rings. The molecule has 2 aromatic rings. The maximum atomic E-state index is 12.0. The molecule has 7 heteroatoms. The third-order valence-corrected chi connectivity index (χ3v) is 4.25. The van der Waals surface area contributed by atoms with Crippen LogP contribution in [0.1, 0.15) is 29.0 Å². The van der Waals surface area contributed by atoms with Crippen molar-refractivity contribution in [3.63, 3.8) is 0 Å². The van der Waals surface area contributed by atoms with Gasteiger partial charge in [-0.05, 0) is 37.8 Å². The average Bonchev–Trinajstić information content (AvgIpc) is 3.00. The first-order chi connectivity index (χ1) is 11.1. The highest BCUT2D eigenvalue weighted by molar-refractivity contribution is 5.91. The number of rotatable bonds is 4. The molecule has 1 N–H and O–H groups in total. The number of piperidine rings is 1. The zero-order valence-corrected chi connectivity index (χ0v) is 13.6. The van der Waals surface area contributed by atoms with Crippen molar-refractivity contribution in [1.29, 1.82) is 0 Å². The molecule has 23 heavy (non-hydrogen) atoms. The Morgan fingerprint density at radius 2 is 2.17 bits per heavy atom. The minimum Gasteiger partial charge on any atom is -0.371 e. The molecule has 0 unspecified atom stereocenters. The van der Waals surface area contributed by atoms with Crippen molar-refractivity contribution < 1.29 is 4.79 Å². The van der Waals surface area contributed by atoms with Crippen LogP contribution < -0.4 is 10.2 Å². The number of pyridine rings is 1. The van der Waals surface area contributed by atoms with Crippen LogP contribution in [0, 0.1) is 12.8 Å². The van der Waals surface area contributed by atoms with Gasteiger partial charge in [-0.25, -0.2) is 0 Å². The fraction of sp³-hybridized carbons (Fsp3) is 0.500. The van der Waals surface area contributed by atoms with Crippen LogP contribution >= 0.6 is 0 Å². The minimum absolute atomic E-state index is 0.148. The molecule has 1 amide bonds. The van der Waals surface area contributed by atoms with Crippen molar-refractivity contribution in [3.8, 4) is 0 Å². The Hall–Kier alpha value is -2.44. The summed E-state index contributed by atoms with van der Waals surface area (Å²) in [5, 5.41) is 10.6. The second-order valence-electron chi connectivity index (χ2n) is 6.07. The summed E-state index contributed by atoms with van der Waals surface area (Å²) in [6.45, 7) is 4.72. The van der Waals surface area contributed by atoms with E-state index in [4.69, 9.17) is 0 Å². The van der Waals surface area contributed by atoms with Gasteiger partial charge in [0.15, 0.2) is 5.69 Å². The molecular formula is C16H22N6O. The average molecular weight is 314 g/mol. The summed E-state index contributed by atoms with van der Waals surface area (Å²) in [5.41, 5.74) is 2.65. The lowest BCUT2D eigenvalue weighted by Gasteiger charge is -2.33. The number of hydrogen-bond donors (Lipinski definition) is 1. The molecule has 2 aromatic heterocycles. The minimum atomic E-state index is -0.148. The number of amides is 1. The van der Waals surface area contributed by atoms with E-state index in [1.54, 1.807) is 13.2 Å². The van der Waals surface area contributed by atoms with Gasteiger partial charge in [0.2, 0.25) is 0 Å². The van der Waals surface area contributed by atoms with Gasteiger partial charge < -0.3 is 10.2 Å². The molecule has 1 saturated heterocycles. The lowest BCUT2D eigenvalue weighted by Crippen LogP contribution is -2.38. The summed E-state index contributed by atoms with van der Waals surface area (Å²) in [5.74, 6) is 0.361. The first-order valence-electron chi connectivity index (χ1n) is 7.94. The monoisotopic (exact) mass is 314 g/mol. The van der Waals surface area contributed by atoms with Crippen molar-refractivity contribution in [3.05, 3.63) is 35.9 Å². The summed E-state index contributed by atoms with van der Waals surface area (Å²) in [6.07, 6.45) is 5.63. The van der Waals surface area contributed by atoms with Crippen LogP contribution in [0.5, 0.6) is 0 Å². The van der Waals surface area contributed by atoms with Crippen molar-refractivity contribution in [1.82, 2.24) is 25.3 Å². The number of carbonyl (C=O) groups is 1. The van der Waals surface area contributed by atoms with Crippen LogP contribution in [0.3, 0.4) is 0 Å². The molecule has 0 bridgehead atoms. The van der Waals surface area contributed by atoms with Gasteiger partial charge in [0.1, 0.15) is 0 Å². The molecule has 0 atom stereocenters. The summed E-state index contributed by atoms with van der Waals surface area (Å²) >= 11 is 0. The molecule has 0 radical (unpaired) electrons. The fourth-order valence-corrected chi connectivity index (χ4v) is 2.90. The number of aryl methyl sites for hydroxylation is 2. The van der Waals surface area contributed by atoms with Crippen LogP contribution in [0.15, 0.2) is 24.5 Å². The lowest BCUT2D eigenvalue weighted by atomic mass is 9.96. The van der Waals surface area contributed by atoms with Crippen molar-refractivity contribution in [2.75, 3.05) is 24.5 Å². The zero-order valence-electron chi connectivity index (χ0n) is 13.6. The highest BCUT2D eigenvalue weighted by Crippen LogP contribution is 2.23. The number of hydrogen-bond acceptors (Lipinski definition) is 5. The molecule has 122 valence electrons. The van der Waals surface area contributed by atoms with Crippen LogP contribution in [-0.2, 0) is 7.05 Å². The molecular weight excluding hydrogens is 292 g/mol. The Morgan fingerprint density at radius 1 is 1.39 bits per heavy atom. The number of anilines is 1. The van der Waals surface area contributed by atoms with E-state index in [1.807, 2.05) is 13.1 Å². The van der Waals surface area contributed by atoms with Gasteiger partial charge >= 0.3 is 0 Å². The van der Waals surface area contributed by atoms with Crippen molar-refractivity contribution in [2.45, 2.75) is 19.8 Å². The number of aromatic nitrogens is 4. The van der Waals surface area contributed by atoms with Gasteiger partial charge in [-0.3, -0.25) is 14.5 Å². The number of carbonyl (C=O) groups excluding carboxylic acids is 1. The molecule has 1 aliphatic heterocycles. The summed E-state index contributed by atoms with van der Waals surface area (Å²) in [4.78, 5) is 18.6.